The highest BCUT2D eigenvalue weighted by Crippen LogP contribution is 2.24. The third-order valence-electron chi connectivity index (χ3n) is 4.63. The summed E-state index contributed by atoms with van der Waals surface area (Å²) in [4.78, 5) is 28.4. The SMILES string of the molecule is CCc1ccc(-c2nc(C(=O)OCC(=O)NCCc3ccccc3C)cs2)cc1. The number of aromatic nitrogens is 1. The van der Waals surface area contributed by atoms with E-state index in [0.29, 0.717) is 6.54 Å². The number of esters is 1. The second kappa shape index (κ2) is 9.98. The first-order valence-electron chi connectivity index (χ1n) is 9.60. The average molecular weight is 409 g/mol. The van der Waals surface area contributed by atoms with Crippen molar-refractivity contribution in [2.75, 3.05) is 13.2 Å². The number of carbonyl (C=O) groups excluding carboxylic acids is 2. The number of thiazole rings is 1. The van der Waals surface area contributed by atoms with Gasteiger partial charge in [-0.05, 0) is 36.5 Å². The van der Waals surface area contributed by atoms with E-state index in [2.05, 4.69) is 29.4 Å². The minimum atomic E-state index is -0.591. The number of rotatable bonds is 8. The van der Waals surface area contributed by atoms with E-state index in [-0.39, 0.29) is 18.2 Å². The fourth-order valence-electron chi connectivity index (χ4n) is 2.87. The molecule has 5 nitrogen and oxygen atoms in total. The highest BCUT2D eigenvalue weighted by molar-refractivity contribution is 7.13. The van der Waals surface area contributed by atoms with Gasteiger partial charge in [0.1, 0.15) is 5.01 Å². The van der Waals surface area contributed by atoms with Crippen LogP contribution in [0, 0.1) is 6.92 Å². The van der Waals surface area contributed by atoms with Gasteiger partial charge in [0, 0.05) is 17.5 Å². The summed E-state index contributed by atoms with van der Waals surface area (Å²) in [6.45, 7) is 4.32. The van der Waals surface area contributed by atoms with Crippen molar-refractivity contribution in [3.8, 4) is 10.6 Å². The van der Waals surface area contributed by atoms with Gasteiger partial charge in [-0.2, -0.15) is 0 Å². The molecule has 2 aromatic carbocycles. The molecule has 1 N–H and O–H groups in total. The summed E-state index contributed by atoms with van der Waals surface area (Å²) in [5.74, 6) is -0.913. The Bertz CT molecular complexity index is 980. The Morgan fingerprint density at radius 1 is 1.10 bits per heavy atom. The third kappa shape index (κ3) is 5.74. The summed E-state index contributed by atoms with van der Waals surface area (Å²) >= 11 is 1.38. The third-order valence-corrected chi connectivity index (χ3v) is 5.53. The van der Waals surface area contributed by atoms with Crippen LogP contribution >= 0.6 is 11.3 Å². The number of hydrogen-bond donors (Lipinski definition) is 1. The molecular weight excluding hydrogens is 384 g/mol. The van der Waals surface area contributed by atoms with Crippen LogP contribution in [0.25, 0.3) is 10.6 Å². The molecule has 0 aliphatic carbocycles. The monoisotopic (exact) mass is 408 g/mol. The summed E-state index contributed by atoms with van der Waals surface area (Å²) in [6.07, 6.45) is 1.71. The van der Waals surface area contributed by atoms with Crippen LogP contribution in [0.1, 0.15) is 34.1 Å². The molecule has 0 atom stereocenters. The van der Waals surface area contributed by atoms with Crippen molar-refractivity contribution < 1.29 is 14.3 Å². The van der Waals surface area contributed by atoms with Crippen molar-refractivity contribution in [2.45, 2.75) is 26.7 Å². The lowest BCUT2D eigenvalue weighted by Crippen LogP contribution is -2.30. The molecule has 1 aromatic heterocycles. The first-order chi connectivity index (χ1) is 14.1. The predicted molar refractivity (Wildman–Crippen MR) is 115 cm³/mol. The molecule has 0 unspecified atom stereocenters. The van der Waals surface area contributed by atoms with E-state index in [9.17, 15) is 9.59 Å². The molecule has 150 valence electrons. The second-order valence-electron chi connectivity index (χ2n) is 6.69. The van der Waals surface area contributed by atoms with E-state index in [0.717, 1.165) is 23.4 Å². The van der Waals surface area contributed by atoms with Crippen molar-refractivity contribution in [1.82, 2.24) is 10.3 Å². The van der Waals surface area contributed by atoms with Gasteiger partial charge in [-0.15, -0.1) is 11.3 Å². The van der Waals surface area contributed by atoms with Crippen molar-refractivity contribution in [2.24, 2.45) is 0 Å². The highest BCUT2D eigenvalue weighted by Gasteiger charge is 2.15. The van der Waals surface area contributed by atoms with Crippen LogP contribution in [0.5, 0.6) is 0 Å². The van der Waals surface area contributed by atoms with Crippen LogP contribution in [0.4, 0.5) is 0 Å². The molecule has 3 rings (SSSR count). The fourth-order valence-corrected chi connectivity index (χ4v) is 3.66. The van der Waals surface area contributed by atoms with Gasteiger partial charge in [0.2, 0.25) is 0 Å². The molecule has 3 aromatic rings. The topological polar surface area (TPSA) is 68.3 Å². The Morgan fingerprint density at radius 3 is 2.59 bits per heavy atom. The summed E-state index contributed by atoms with van der Waals surface area (Å²) in [7, 11) is 0. The molecule has 29 heavy (non-hydrogen) atoms. The van der Waals surface area contributed by atoms with Gasteiger partial charge in [0.25, 0.3) is 5.91 Å². The molecule has 0 spiro atoms. The lowest BCUT2D eigenvalue weighted by Gasteiger charge is -2.07. The normalized spacial score (nSPS) is 10.6. The maximum atomic E-state index is 12.2. The smallest absolute Gasteiger partial charge is 0.358 e. The first kappa shape index (κ1) is 20.7. The molecule has 0 bridgehead atoms. The molecule has 0 saturated heterocycles. The molecule has 1 heterocycles. The summed E-state index contributed by atoms with van der Waals surface area (Å²) in [6, 6.07) is 16.1. The van der Waals surface area contributed by atoms with E-state index in [4.69, 9.17) is 4.74 Å². The van der Waals surface area contributed by atoms with E-state index in [1.807, 2.05) is 43.3 Å². The molecule has 6 heteroatoms. The number of aryl methyl sites for hydroxylation is 2. The van der Waals surface area contributed by atoms with Crippen LogP contribution in [0.2, 0.25) is 0 Å². The standard InChI is InChI=1S/C23H24N2O3S/c1-3-17-8-10-19(11-9-17)22-25-20(15-29-22)23(27)28-14-21(26)24-13-12-18-7-5-4-6-16(18)2/h4-11,15H,3,12-14H2,1-2H3,(H,24,26). The minimum absolute atomic E-state index is 0.220. The predicted octanol–water partition coefficient (Wildman–Crippen LogP) is 4.20. The molecular formula is C23H24N2O3S. The average Bonchev–Trinajstić information content (AvgIpc) is 3.24. The number of carbonyl (C=O) groups is 2. The van der Waals surface area contributed by atoms with Gasteiger partial charge < -0.3 is 10.1 Å². The summed E-state index contributed by atoms with van der Waals surface area (Å²) in [5.41, 5.74) is 4.81. The van der Waals surface area contributed by atoms with E-state index < -0.39 is 5.97 Å². The number of nitrogens with zero attached hydrogens (tertiary/aromatic N) is 1. The van der Waals surface area contributed by atoms with Gasteiger partial charge in [-0.3, -0.25) is 4.79 Å². The van der Waals surface area contributed by atoms with E-state index in [1.54, 1.807) is 5.38 Å². The number of ether oxygens (including phenoxy) is 1. The maximum absolute atomic E-state index is 12.2. The van der Waals surface area contributed by atoms with Crippen molar-refractivity contribution in [1.29, 1.82) is 0 Å². The molecule has 0 fully saturated rings. The zero-order valence-electron chi connectivity index (χ0n) is 16.6. The molecule has 0 aliphatic rings. The van der Waals surface area contributed by atoms with E-state index in [1.165, 1.54) is 28.0 Å². The zero-order chi connectivity index (χ0) is 20.6. The van der Waals surface area contributed by atoms with Crippen LogP contribution in [-0.2, 0) is 22.4 Å². The Kier molecular flexibility index (Phi) is 7.14. The lowest BCUT2D eigenvalue weighted by atomic mass is 10.1. The summed E-state index contributed by atoms with van der Waals surface area (Å²) < 4.78 is 5.10. The van der Waals surface area contributed by atoms with Gasteiger partial charge >= 0.3 is 5.97 Å². The Balaban J connectivity index is 1.46. The Hall–Kier alpha value is -2.99. The van der Waals surface area contributed by atoms with Gasteiger partial charge in [-0.25, -0.2) is 9.78 Å². The number of benzene rings is 2. The van der Waals surface area contributed by atoms with Gasteiger partial charge in [-0.1, -0.05) is 55.5 Å². The molecule has 0 aliphatic heterocycles. The van der Waals surface area contributed by atoms with Gasteiger partial charge in [0.05, 0.1) is 0 Å². The summed E-state index contributed by atoms with van der Waals surface area (Å²) in [5, 5.41) is 5.18. The van der Waals surface area contributed by atoms with Crippen LogP contribution < -0.4 is 5.32 Å². The first-order valence-corrected chi connectivity index (χ1v) is 10.5. The van der Waals surface area contributed by atoms with E-state index >= 15 is 0 Å². The van der Waals surface area contributed by atoms with Crippen LogP contribution in [-0.4, -0.2) is 30.0 Å². The fraction of sp³-hybridized carbons (Fsp3) is 0.261. The Labute approximate surface area is 174 Å². The Morgan fingerprint density at radius 2 is 1.86 bits per heavy atom. The minimum Gasteiger partial charge on any atom is -0.451 e. The highest BCUT2D eigenvalue weighted by atomic mass is 32.1. The van der Waals surface area contributed by atoms with Crippen molar-refractivity contribution in [3.63, 3.8) is 0 Å². The molecule has 0 radical (unpaired) electrons. The van der Waals surface area contributed by atoms with Crippen molar-refractivity contribution in [3.05, 3.63) is 76.3 Å². The quantitative estimate of drug-likeness (QED) is 0.567. The molecule has 1 amide bonds. The van der Waals surface area contributed by atoms with Crippen LogP contribution in [0.15, 0.2) is 53.9 Å². The van der Waals surface area contributed by atoms with Crippen molar-refractivity contribution >= 4 is 23.2 Å². The number of hydrogen-bond acceptors (Lipinski definition) is 5. The molecule has 0 saturated carbocycles. The van der Waals surface area contributed by atoms with Gasteiger partial charge in [0.15, 0.2) is 12.3 Å². The zero-order valence-corrected chi connectivity index (χ0v) is 17.4. The second-order valence-corrected chi connectivity index (χ2v) is 7.55. The number of amides is 1. The lowest BCUT2D eigenvalue weighted by molar-refractivity contribution is -0.124. The largest absolute Gasteiger partial charge is 0.451 e. The van der Waals surface area contributed by atoms with Crippen LogP contribution in [0.3, 0.4) is 0 Å². The maximum Gasteiger partial charge on any atom is 0.358 e. The number of nitrogens with one attached hydrogen (secondary N) is 1.